The van der Waals surface area contributed by atoms with Gasteiger partial charge in [0.1, 0.15) is 0 Å². The van der Waals surface area contributed by atoms with Crippen LogP contribution >= 0.6 is 11.6 Å². The van der Waals surface area contributed by atoms with Crippen LogP contribution in [-0.4, -0.2) is 27.1 Å². The van der Waals surface area contributed by atoms with E-state index < -0.39 is 10.0 Å². The molecule has 0 atom stereocenters. The Morgan fingerprint density at radius 1 is 1.08 bits per heavy atom. The van der Waals surface area contributed by atoms with Gasteiger partial charge >= 0.3 is 0 Å². The first-order valence-corrected chi connectivity index (χ1v) is 10.4. The van der Waals surface area contributed by atoms with Gasteiger partial charge in [-0.25, -0.2) is 8.42 Å². The lowest BCUT2D eigenvalue weighted by Crippen LogP contribution is -2.34. The molecule has 0 heterocycles. The maximum Gasteiger partial charge on any atom is 0.232 e. The second kappa shape index (κ2) is 8.10. The number of amides is 1. The summed E-state index contributed by atoms with van der Waals surface area (Å²) in [6.07, 6.45) is 1.18. The molecule has 140 valence electrons. The number of anilines is 2. The zero-order valence-corrected chi connectivity index (χ0v) is 16.9. The van der Waals surface area contributed by atoms with E-state index in [1.807, 2.05) is 45.0 Å². The summed E-state index contributed by atoms with van der Waals surface area (Å²) in [7, 11) is -3.51. The average Bonchev–Trinajstić information content (AvgIpc) is 2.52. The van der Waals surface area contributed by atoms with Crippen molar-refractivity contribution in [2.45, 2.75) is 27.2 Å². The van der Waals surface area contributed by atoms with Crippen LogP contribution in [0.4, 0.5) is 11.4 Å². The zero-order chi connectivity index (χ0) is 19.5. The number of nitrogens with zero attached hydrogens (tertiary/aromatic N) is 1. The van der Waals surface area contributed by atoms with Crippen molar-refractivity contribution < 1.29 is 13.2 Å². The number of rotatable bonds is 6. The van der Waals surface area contributed by atoms with Crippen molar-refractivity contribution in [3.8, 4) is 0 Å². The van der Waals surface area contributed by atoms with Gasteiger partial charge in [0, 0.05) is 23.7 Å². The van der Waals surface area contributed by atoms with Gasteiger partial charge in [0.15, 0.2) is 0 Å². The van der Waals surface area contributed by atoms with E-state index >= 15 is 0 Å². The number of hydrogen-bond donors (Lipinski definition) is 1. The molecule has 2 rings (SSSR count). The fraction of sp³-hybridized carbons (Fsp3) is 0.316. The minimum atomic E-state index is -3.51. The quantitative estimate of drug-likeness (QED) is 0.803. The van der Waals surface area contributed by atoms with Crippen molar-refractivity contribution in [1.82, 2.24) is 0 Å². The maximum absolute atomic E-state index is 12.3. The highest BCUT2D eigenvalue weighted by atomic mass is 35.5. The van der Waals surface area contributed by atoms with Crippen molar-refractivity contribution in [3.63, 3.8) is 0 Å². The number of para-hydroxylation sites is 1. The fourth-order valence-corrected chi connectivity index (χ4v) is 3.96. The van der Waals surface area contributed by atoms with Gasteiger partial charge < -0.3 is 5.32 Å². The predicted molar refractivity (Wildman–Crippen MR) is 108 cm³/mol. The highest BCUT2D eigenvalue weighted by Crippen LogP contribution is 2.27. The van der Waals surface area contributed by atoms with Crippen LogP contribution in [0.15, 0.2) is 36.4 Å². The molecule has 0 saturated carbocycles. The highest BCUT2D eigenvalue weighted by molar-refractivity contribution is 7.92. The molecular formula is C19H23ClN2O3S. The van der Waals surface area contributed by atoms with Gasteiger partial charge in [-0.15, -0.1) is 0 Å². The Balaban J connectivity index is 2.15. The summed E-state index contributed by atoms with van der Waals surface area (Å²) in [6.45, 7) is 5.65. The zero-order valence-electron chi connectivity index (χ0n) is 15.3. The Hall–Kier alpha value is -2.05. The standard InChI is InChI=1S/C19H23ClN2O3S/c1-13-8-9-16(12-17(13)20)21-18(23)10-11-22(26(4,24)25)19-14(2)6-5-7-15(19)3/h5-9,12H,10-11H2,1-4H3,(H,21,23). The number of sulfonamides is 1. The number of benzene rings is 2. The molecule has 0 aliphatic rings. The van der Waals surface area contributed by atoms with Gasteiger partial charge in [-0.3, -0.25) is 9.10 Å². The van der Waals surface area contributed by atoms with Crippen molar-refractivity contribution in [1.29, 1.82) is 0 Å². The summed E-state index contributed by atoms with van der Waals surface area (Å²) in [5.41, 5.74) is 3.83. The molecule has 0 aliphatic carbocycles. The first-order chi connectivity index (χ1) is 12.1. The van der Waals surface area contributed by atoms with Crippen LogP contribution in [0.25, 0.3) is 0 Å². The lowest BCUT2D eigenvalue weighted by Gasteiger charge is -2.25. The Bertz CT molecular complexity index is 906. The fourth-order valence-electron chi connectivity index (χ4n) is 2.74. The van der Waals surface area contributed by atoms with Gasteiger partial charge in [-0.05, 0) is 49.6 Å². The molecule has 0 unspecified atom stereocenters. The van der Waals surface area contributed by atoms with E-state index in [9.17, 15) is 13.2 Å². The number of halogens is 1. The summed E-state index contributed by atoms with van der Waals surface area (Å²) in [4.78, 5) is 12.3. The van der Waals surface area contributed by atoms with Crippen LogP contribution in [0, 0.1) is 20.8 Å². The van der Waals surface area contributed by atoms with Gasteiger partial charge in [-0.1, -0.05) is 35.9 Å². The molecule has 0 aliphatic heterocycles. The third kappa shape index (κ3) is 4.99. The molecular weight excluding hydrogens is 372 g/mol. The molecule has 0 spiro atoms. The minimum absolute atomic E-state index is 0.0341. The van der Waals surface area contributed by atoms with Gasteiger partial charge in [0.2, 0.25) is 15.9 Å². The Morgan fingerprint density at radius 2 is 1.69 bits per heavy atom. The number of hydrogen-bond acceptors (Lipinski definition) is 3. The predicted octanol–water partition coefficient (Wildman–Crippen LogP) is 4.06. The Labute approximate surface area is 160 Å². The molecule has 0 radical (unpaired) electrons. The van der Waals surface area contributed by atoms with Gasteiger partial charge in [-0.2, -0.15) is 0 Å². The van der Waals surface area contributed by atoms with Crippen LogP contribution in [0.3, 0.4) is 0 Å². The number of carbonyl (C=O) groups excluding carboxylic acids is 1. The second-order valence-electron chi connectivity index (χ2n) is 6.34. The monoisotopic (exact) mass is 394 g/mol. The maximum atomic E-state index is 12.3. The van der Waals surface area contributed by atoms with Crippen molar-refractivity contribution in [2.24, 2.45) is 0 Å². The van der Waals surface area contributed by atoms with E-state index in [2.05, 4.69) is 5.32 Å². The molecule has 26 heavy (non-hydrogen) atoms. The van der Waals surface area contributed by atoms with E-state index in [1.165, 1.54) is 4.31 Å². The summed E-state index contributed by atoms with van der Waals surface area (Å²) >= 11 is 6.06. The van der Waals surface area contributed by atoms with Crippen molar-refractivity contribution >= 4 is 38.9 Å². The molecule has 0 saturated heterocycles. The third-order valence-electron chi connectivity index (χ3n) is 4.09. The number of aryl methyl sites for hydroxylation is 3. The van der Waals surface area contributed by atoms with Crippen LogP contribution in [0.5, 0.6) is 0 Å². The van der Waals surface area contributed by atoms with Gasteiger partial charge in [0.05, 0.1) is 11.9 Å². The lowest BCUT2D eigenvalue weighted by molar-refractivity contribution is -0.116. The molecule has 5 nitrogen and oxygen atoms in total. The summed E-state index contributed by atoms with van der Waals surface area (Å²) in [5.74, 6) is -0.273. The lowest BCUT2D eigenvalue weighted by atomic mass is 10.1. The largest absolute Gasteiger partial charge is 0.326 e. The summed E-state index contributed by atoms with van der Waals surface area (Å²) < 4.78 is 25.8. The van der Waals surface area contributed by atoms with Crippen molar-refractivity contribution in [2.75, 3.05) is 22.4 Å². The topological polar surface area (TPSA) is 66.5 Å². The molecule has 0 aromatic heterocycles. The van der Waals surface area contributed by atoms with Crippen molar-refractivity contribution in [3.05, 3.63) is 58.1 Å². The minimum Gasteiger partial charge on any atom is -0.326 e. The first kappa shape index (κ1) is 20.3. The molecule has 2 aromatic rings. The normalized spacial score (nSPS) is 11.3. The van der Waals surface area contributed by atoms with Crippen LogP contribution in [-0.2, 0) is 14.8 Å². The van der Waals surface area contributed by atoms with E-state index in [0.717, 1.165) is 22.9 Å². The third-order valence-corrected chi connectivity index (χ3v) is 5.66. The Morgan fingerprint density at radius 3 is 2.23 bits per heavy atom. The molecule has 0 fully saturated rings. The molecule has 1 N–H and O–H groups in total. The van der Waals surface area contributed by atoms with Crippen LogP contribution in [0.1, 0.15) is 23.1 Å². The molecule has 0 bridgehead atoms. The van der Waals surface area contributed by atoms with E-state index in [4.69, 9.17) is 11.6 Å². The first-order valence-electron chi connectivity index (χ1n) is 8.19. The molecule has 2 aromatic carbocycles. The smallest absolute Gasteiger partial charge is 0.232 e. The van der Waals surface area contributed by atoms with E-state index in [1.54, 1.807) is 12.1 Å². The average molecular weight is 395 g/mol. The van der Waals surface area contributed by atoms with Gasteiger partial charge in [0.25, 0.3) is 0 Å². The SMILES string of the molecule is Cc1ccc(NC(=O)CCN(c2c(C)cccc2C)S(C)(=O)=O)cc1Cl. The summed E-state index contributed by atoms with van der Waals surface area (Å²) in [6, 6.07) is 10.8. The van der Waals surface area contributed by atoms with E-state index in [-0.39, 0.29) is 18.9 Å². The second-order valence-corrected chi connectivity index (χ2v) is 8.65. The van der Waals surface area contributed by atoms with E-state index in [0.29, 0.717) is 16.4 Å². The highest BCUT2D eigenvalue weighted by Gasteiger charge is 2.21. The summed E-state index contributed by atoms with van der Waals surface area (Å²) in [5, 5.41) is 3.32. The number of carbonyl (C=O) groups is 1. The molecule has 1 amide bonds. The number of nitrogens with one attached hydrogen (secondary N) is 1. The van der Waals surface area contributed by atoms with Crippen LogP contribution in [0.2, 0.25) is 5.02 Å². The Kier molecular flexibility index (Phi) is 6.31. The van der Waals surface area contributed by atoms with Crippen LogP contribution < -0.4 is 9.62 Å². The molecule has 7 heteroatoms.